The molecular weight excluding hydrogens is 408 g/mol. The van der Waals surface area contributed by atoms with Gasteiger partial charge in [-0.1, -0.05) is 54.6 Å². The molecule has 0 saturated carbocycles. The van der Waals surface area contributed by atoms with E-state index in [9.17, 15) is 4.79 Å². The summed E-state index contributed by atoms with van der Waals surface area (Å²) in [6.45, 7) is 4.37. The molecule has 0 heterocycles. The molecule has 1 atom stereocenters. The van der Waals surface area contributed by atoms with Crippen molar-refractivity contribution in [2.75, 3.05) is 41.3 Å². The quantitative estimate of drug-likeness (QED) is 0.372. The number of aryl methyl sites for hydroxylation is 1. The van der Waals surface area contributed by atoms with Crippen molar-refractivity contribution < 1.29 is 9.53 Å². The van der Waals surface area contributed by atoms with E-state index in [1.54, 1.807) is 0 Å². The monoisotopic (exact) mass is 444 g/mol. The van der Waals surface area contributed by atoms with Gasteiger partial charge >= 0.3 is 0 Å². The summed E-state index contributed by atoms with van der Waals surface area (Å²) in [5.41, 5.74) is 7.04. The predicted octanol–water partition coefficient (Wildman–Crippen LogP) is 5.38. The average molecular weight is 445 g/mol. The number of hydrogen-bond donors (Lipinski definition) is 0. The van der Waals surface area contributed by atoms with Crippen molar-refractivity contribution in [3.8, 4) is 16.9 Å². The highest BCUT2D eigenvalue weighted by Gasteiger charge is 2.22. The molecule has 33 heavy (non-hydrogen) atoms. The summed E-state index contributed by atoms with van der Waals surface area (Å²) < 4.78 is 6.27. The highest BCUT2D eigenvalue weighted by Crippen LogP contribution is 2.39. The summed E-state index contributed by atoms with van der Waals surface area (Å²) in [6, 6.07) is 23.3. The van der Waals surface area contributed by atoms with E-state index in [0.29, 0.717) is 13.0 Å². The number of ether oxygens (including phenoxy) is 1. The molecule has 0 fully saturated rings. The Morgan fingerprint density at radius 1 is 0.879 bits per heavy atom. The summed E-state index contributed by atoms with van der Waals surface area (Å²) in [4.78, 5) is 16.1. The van der Waals surface area contributed by atoms with Gasteiger partial charge in [0.2, 0.25) is 0 Å². The minimum atomic E-state index is -0.0722. The fraction of sp³-hybridized carbons (Fsp3) is 0.345. The van der Waals surface area contributed by atoms with Crippen LogP contribution in [-0.4, -0.2) is 57.4 Å². The Kier molecular flexibility index (Phi) is 8.81. The molecule has 0 aliphatic carbocycles. The van der Waals surface area contributed by atoms with Gasteiger partial charge < -0.3 is 19.3 Å². The minimum absolute atomic E-state index is 0.0722. The summed E-state index contributed by atoms with van der Waals surface area (Å²) >= 11 is 0. The standard InChI is InChI=1S/C29H36N2O2/c1-22-10-6-8-12-25(22)23-14-15-29(33-19-17-30(2)3)28(20-23)27(16-18-32)26-13-9-7-11-24(26)21-31(4)5/h6-15,18,20,27H,16-17,19,21H2,1-5H3. The van der Waals surface area contributed by atoms with Crippen LogP contribution in [0.4, 0.5) is 0 Å². The van der Waals surface area contributed by atoms with Crippen molar-refractivity contribution in [1.29, 1.82) is 0 Å². The van der Waals surface area contributed by atoms with Gasteiger partial charge in [-0.3, -0.25) is 0 Å². The van der Waals surface area contributed by atoms with E-state index in [2.05, 4.69) is 97.5 Å². The second-order valence-corrected chi connectivity index (χ2v) is 9.11. The molecule has 3 aromatic carbocycles. The van der Waals surface area contributed by atoms with Crippen molar-refractivity contribution >= 4 is 6.29 Å². The van der Waals surface area contributed by atoms with Gasteiger partial charge in [-0.15, -0.1) is 0 Å². The van der Waals surface area contributed by atoms with Crippen LogP contribution in [0, 0.1) is 6.92 Å². The van der Waals surface area contributed by atoms with Gasteiger partial charge in [0.25, 0.3) is 0 Å². The maximum atomic E-state index is 11.9. The summed E-state index contributed by atoms with van der Waals surface area (Å²) in [5.74, 6) is 0.776. The predicted molar refractivity (Wildman–Crippen MR) is 137 cm³/mol. The fourth-order valence-corrected chi connectivity index (χ4v) is 4.23. The number of carbonyl (C=O) groups is 1. The Bertz CT molecular complexity index is 1060. The van der Waals surface area contributed by atoms with Gasteiger partial charge in [0.05, 0.1) is 0 Å². The third kappa shape index (κ3) is 6.53. The van der Waals surface area contributed by atoms with Crippen LogP contribution in [0.15, 0.2) is 66.7 Å². The Balaban J connectivity index is 2.13. The number of rotatable bonds is 11. The molecule has 174 valence electrons. The molecular formula is C29H36N2O2. The van der Waals surface area contributed by atoms with Crippen molar-refractivity contribution in [2.45, 2.75) is 25.8 Å². The summed E-state index contributed by atoms with van der Waals surface area (Å²) in [6.07, 6.45) is 1.44. The third-order valence-corrected chi connectivity index (χ3v) is 5.89. The third-order valence-electron chi connectivity index (χ3n) is 5.89. The first-order valence-electron chi connectivity index (χ1n) is 11.5. The highest BCUT2D eigenvalue weighted by atomic mass is 16.5. The molecule has 0 bridgehead atoms. The number of nitrogens with zero attached hydrogens (tertiary/aromatic N) is 2. The smallest absolute Gasteiger partial charge is 0.123 e. The zero-order valence-corrected chi connectivity index (χ0v) is 20.5. The Labute approximate surface area is 198 Å². The number of aldehydes is 1. The molecule has 4 heteroatoms. The molecule has 4 nitrogen and oxygen atoms in total. The van der Waals surface area contributed by atoms with E-state index in [0.717, 1.165) is 36.3 Å². The molecule has 0 saturated heterocycles. The molecule has 0 N–H and O–H groups in total. The molecule has 0 aromatic heterocycles. The van der Waals surface area contributed by atoms with Gasteiger partial charge in [-0.05, 0) is 75.1 Å². The lowest BCUT2D eigenvalue weighted by molar-refractivity contribution is -0.108. The highest BCUT2D eigenvalue weighted by molar-refractivity contribution is 5.70. The second kappa shape index (κ2) is 11.8. The molecule has 0 spiro atoms. The van der Waals surface area contributed by atoms with E-state index in [4.69, 9.17) is 4.74 Å². The number of benzene rings is 3. The van der Waals surface area contributed by atoms with E-state index in [-0.39, 0.29) is 5.92 Å². The van der Waals surface area contributed by atoms with Crippen molar-refractivity contribution in [3.05, 3.63) is 89.0 Å². The van der Waals surface area contributed by atoms with E-state index < -0.39 is 0 Å². The Morgan fingerprint density at radius 2 is 1.61 bits per heavy atom. The van der Waals surface area contributed by atoms with Crippen molar-refractivity contribution in [3.63, 3.8) is 0 Å². The first kappa shape index (κ1) is 24.7. The first-order chi connectivity index (χ1) is 15.9. The summed E-state index contributed by atoms with van der Waals surface area (Å²) in [7, 11) is 8.22. The molecule has 0 aliphatic heterocycles. The van der Waals surface area contributed by atoms with Crippen LogP contribution in [0.3, 0.4) is 0 Å². The molecule has 0 amide bonds. The molecule has 3 rings (SSSR count). The van der Waals surface area contributed by atoms with Crippen LogP contribution in [-0.2, 0) is 11.3 Å². The van der Waals surface area contributed by atoms with Crippen LogP contribution >= 0.6 is 0 Å². The minimum Gasteiger partial charge on any atom is -0.492 e. The molecule has 1 unspecified atom stereocenters. The SMILES string of the molecule is Cc1ccccc1-c1ccc(OCCN(C)C)c(C(CC=O)c2ccccc2CN(C)C)c1. The Hall–Kier alpha value is -2.95. The molecule has 0 radical (unpaired) electrons. The van der Waals surface area contributed by atoms with Crippen LogP contribution in [0.1, 0.15) is 34.6 Å². The van der Waals surface area contributed by atoms with E-state index in [1.165, 1.54) is 22.3 Å². The van der Waals surface area contributed by atoms with Crippen molar-refractivity contribution in [1.82, 2.24) is 9.80 Å². The maximum absolute atomic E-state index is 11.9. The second-order valence-electron chi connectivity index (χ2n) is 9.11. The largest absolute Gasteiger partial charge is 0.492 e. The zero-order valence-electron chi connectivity index (χ0n) is 20.5. The van der Waals surface area contributed by atoms with E-state index in [1.807, 2.05) is 14.1 Å². The number of carbonyl (C=O) groups excluding carboxylic acids is 1. The van der Waals surface area contributed by atoms with Gasteiger partial charge in [-0.2, -0.15) is 0 Å². The van der Waals surface area contributed by atoms with Gasteiger partial charge in [0, 0.05) is 31.0 Å². The molecule has 0 aliphatic rings. The van der Waals surface area contributed by atoms with Crippen LogP contribution in [0.5, 0.6) is 5.75 Å². The lowest BCUT2D eigenvalue weighted by Gasteiger charge is -2.24. The number of hydrogen-bond acceptors (Lipinski definition) is 4. The topological polar surface area (TPSA) is 32.8 Å². The van der Waals surface area contributed by atoms with Gasteiger partial charge in [0.1, 0.15) is 18.6 Å². The average Bonchev–Trinajstić information content (AvgIpc) is 2.78. The van der Waals surface area contributed by atoms with Crippen LogP contribution in [0.2, 0.25) is 0 Å². The summed E-state index contributed by atoms with van der Waals surface area (Å²) in [5, 5.41) is 0. The maximum Gasteiger partial charge on any atom is 0.123 e. The lowest BCUT2D eigenvalue weighted by Crippen LogP contribution is -2.20. The van der Waals surface area contributed by atoms with Crippen molar-refractivity contribution in [2.24, 2.45) is 0 Å². The normalized spacial score (nSPS) is 12.2. The van der Waals surface area contributed by atoms with Gasteiger partial charge in [0.15, 0.2) is 0 Å². The van der Waals surface area contributed by atoms with Crippen LogP contribution < -0.4 is 4.74 Å². The number of likely N-dealkylation sites (N-methyl/N-ethyl adjacent to an activating group) is 1. The zero-order chi connectivity index (χ0) is 23.8. The van der Waals surface area contributed by atoms with Crippen LogP contribution in [0.25, 0.3) is 11.1 Å². The lowest BCUT2D eigenvalue weighted by atomic mass is 9.84. The molecule has 3 aromatic rings. The first-order valence-corrected chi connectivity index (χ1v) is 11.5. The fourth-order valence-electron chi connectivity index (χ4n) is 4.23. The van der Waals surface area contributed by atoms with E-state index >= 15 is 0 Å². The van der Waals surface area contributed by atoms with Gasteiger partial charge in [-0.25, -0.2) is 0 Å². The Morgan fingerprint density at radius 3 is 2.30 bits per heavy atom.